The number of carbonyl (C=O) groups is 1. The van der Waals surface area contributed by atoms with Crippen LogP contribution in [0.25, 0.3) is 0 Å². The van der Waals surface area contributed by atoms with Gasteiger partial charge in [0.2, 0.25) is 0 Å². The molecule has 0 saturated carbocycles. The number of hydrogen-bond acceptors (Lipinski definition) is 6. The van der Waals surface area contributed by atoms with Gasteiger partial charge >= 0.3 is 0 Å². The number of hydrogen-bond donors (Lipinski definition) is 2. The van der Waals surface area contributed by atoms with Gasteiger partial charge in [0.05, 0.1) is 4.90 Å². The maximum atomic E-state index is 12.5. The van der Waals surface area contributed by atoms with Crippen molar-refractivity contribution in [3.8, 4) is 0 Å². The molecule has 0 atom stereocenters. The van der Waals surface area contributed by atoms with Crippen molar-refractivity contribution in [1.82, 2.24) is 4.98 Å². The maximum absolute atomic E-state index is 12.5. The van der Waals surface area contributed by atoms with Gasteiger partial charge < -0.3 is 10.6 Å². The van der Waals surface area contributed by atoms with Crippen LogP contribution >= 0.6 is 11.3 Å². The summed E-state index contributed by atoms with van der Waals surface area (Å²) in [7, 11) is -3.23. The molecule has 0 aliphatic carbocycles. The van der Waals surface area contributed by atoms with Crippen molar-refractivity contribution in [2.24, 2.45) is 0 Å². The van der Waals surface area contributed by atoms with Crippen LogP contribution in [-0.4, -0.2) is 25.6 Å². The van der Waals surface area contributed by atoms with E-state index in [4.69, 9.17) is 0 Å². The number of rotatable bonds is 6. The van der Waals surface area contributed by atoms with Gasteiger partial charge in [-0.1, -0.05) is 32.0 Å². The van der Waals surface area contributed by atoms with Crippen molar-refractivity contribution in [2.45, 2.75) is 24.7 Å². The van der Waals surface area contributed by atoms with E-state index in [1.807, 2.05) is 24.3 Å². The number of amides is 1. The Morgan fingerprint density at radius 2 is 1.75 bits per heavy atom. The minimum atomic E-state index is -3.23. The summed E-state index contributed by atoms with van der Waals surface area (Å²) in [5.41, 5.74) is 2.86. The standard InChI is InChI=1S/C20H21N3O3S2/c1-13(2)16-6-4-5-7-17(16)22-19(24)18-12-27-20(23-18)21-14-8-10-15(11-9-14)28(3,25)26/h4-13H,1-3H3,(H,21,23)(H,22,24). The number of carbonyl (C=O) groups excluding carboxylic acids is 1. The molecule has 1 aromatic heterocycles. The Bertz CT molecular complexity index is 1090. The van der Waals surface area contributed by atoms with Crippen molar-refractivity contribution in [2.75, 3.05) is 16.9 Å². The van der Waals surface area contributed by atoms with E-state index in [0.29, 0.717) is 22.4 Å². The summed E-state index contributed by atoms with van der Waals surface area (Å²) in [6, 6.07) is 14.1. The molecule has 146 valence electrons. The maximum Gasteiger partial charge on any atom is 0.275 e. The number of thiazole rings is 1. The zero-order valence-corrected chi connectivity index (χ0v) is 17.4. The molecule has 8 heteroatoms. The monoisotopic (exact) mass is 415 g/mol. The highest BCUT2D eigenvalue weighted by Gasteiger charge is 2.14. The van der Waals surface area contributed by atoms with Crippen LogP contribution in [0.15, 0.2) is 58.8 Å². The van der Waals surface area contributed by atoms with E-state index >= 15 is 0 Å². The molecule has 1 amide bonds. The van der Waals surface area contributed by atoms with Crippen LogP contribution in [-0.2, 0) is 9.84 Å². The van der Waals surface area contributed by atoms with Gasteiger partial charge in [-0.3, -0.25) is 4.79 Å². The molecular weight excluding hydrogens is 394 g/mol. The second kappa shape index (κ2) is 8.12. The lowest BCUT2D eigenvalue weighted by molar-refractivity contribution is 0.102. The van der Waals surface area contributed by atoms with Crippen LogP contribution in [0.3, 0.4) is 0 Å². The van der Waals surface area contributed by atoms with Crippen LogP contribution in [0.4, 0.5) is 16.5 Å². The Morgan fingerprint density at radius 1 is 1.07 bits per heavy atom. The molecule has 0 unspecified atom stereocenters. The molecule has 2 aromatic carbocycles. The lowest BCUT2D eigenvalue weighted by atomic mass is 10.0. The summed E-state index contributed by atoms with van der Waals surface area (Å²) in [6.07, 6.45) is 1.17. The van der Waals surface area contributed by atoms with Crippen molar-refractivity contribution < 1.29 is 13.2 Å². The minimum absolute atomic E-state index is 0.251. The van der Waals surface area contributed by atoms with Gasteiger partial charge in [0.1, 0.15) is 5.69 Å². The summed E-state index contributed by atoms with van der Waals surface area (Å²) in [4.78, 5) is 17.1. The third-order valence-electron chi connectivity index (χ3n) is 4.10. The third kappa shape index (κ3) is 4.76. The first-order valence-electron chi connectivity index (χ1n) is 8.67. The Balaban J connectivity index is 1.71. The van der Waals surface area contributed by atoms with Crippen LogP contribution in [0.5, 0.6) is 0 Å². The molecule has 0 spiro atoms. The average Bonchev–Trinajstić information content (AvgIpc) is 3.10. The molecule has 0 saturated heterocycles. The topological polar surface area (TPSA) is 88.2 Å². The fourth-order valence-electron chi connectivity index (χ4n) is 2.65. The molecule has 6 nitrogen and oxygen atoms in total. The number of nitrogens with one attached hydrogen (secondary N) is 2. The van der Waals surface area contributed by atoms with Gasteiger partial charge in [-0.05, 0) is 41.8 Å². The predicted octanol–water partition coefficient (Wildman–Crippen LogP) is 4.67. The first-order chi connectivity index (χ1) is 13.2. The van der Waals surface area contributed by atoms with Crippen LogP contribution < -0.4 is 10.6 Å². The fourth-order valence-corrected chi connectivity index (χ4v) is 3.99. The van der Waals surface area contributed by atoms with Gasteiger partial charge in [0, 0.05) is 23.0 Å². The van der Waals surface area contributed by atoms with E-state index in [0.717, 1.165) is 11.3 Å². The van der Waals surface area contributed by atoms with Gasteiger partial charge in [0.25, 0.3) is 5.91 Å². The second-order valence-electron chi connectivity index (χ2n) is 6.66. The van der Waals surface area contributed by atoms with Gasteiger partial charge in [-0.15, -0.1) is 11.3 Å². The van der Waals surface area contributed by atoms with Gasteiger partial charge in [-0.25, -0.2) is 13.4 Å². The highest BCUT2D eigenvalue weighted by atomic mass is 32.2. The van der Waals surface area contributed by atoms with E-state index in [-0.39, 0.29) is 10.8 Å². The second-order valence-corrected chi connectivity index (χ2v) is 9.53. The predicted molar refractivity (Wildman–Crippen MR) is 113 cm³/mol. The molecule has 1 heterocycles. The first-order valence-corrected chi connectivity index (χ1v) is 11.4. The van der Waals surface area contributed by atoms with E-state index in [2.05, 4.69) is 29.5 Å². The third-order valence-corrected chi connectivity index (χ3v) is 5.99. The van der Waals surface area contributed by atoms with E-state index in [9.17, 15) is 13.2 Å². The van der Waals surface area contributed by atoms with E-state index in [1.165, 1.54) is 29.7 Å². The summed E-state index contributed by atoms with van der Waals surface area (Å²) in [5.74, 6) is 0.0175. The number of nitrogens with zero attached hydrogens (tertiary/aromatic N) is 1. The van der Waals surface area contributed by atoms with Crippen LogP contribution in [0, 0.1) is 0 Å². The van der Waals surface area contributed by atoms with Crippen molar-refractivity contribution in [3.05, 3.63) is 65.2 Å². The zero-order valence-electron chi connectivity index (χ0n) is 15.8. The lowest BCUT2D eigenvalue weighted by Gasteiger charge is -2.12. The molecular formula is C20H21N3O3S2. The molecule has 0 aliphatic heterocycles. The Morgan fingerprint density at radius 3 is 2.39 bits per heavy atom. The van der Waals surface area contributed by atoms with Gasteiger partial charge in [0.15, 0.2) is 15.0 Å². The number of para-hydroxylation sites is 1. The molecule has 28 heavy (non-hydrogen) atoms. The van der Waals surface area contributed by atoms with E-state index < -0.39 is 9.84 Å². The molecule has 0 aliphatic rings. The molecule has 2 N–H and O–H groups in total. The highest BCUT2D eigenvalue weighted by molar-refractivity contribution is 7.90. The Hall–Kier alpha value is -2.71. The van der Waals surface area contributed by atoms with Crippen LogP contribution in [0.1, 0.15) is 35.8 Å². The molecule has 0 bridgehead atoms. The Kier molecular flexibility index (Phi) is 5.81. The SMILES string of the molecule is CC(C)c1ccccc1NC(=O)c1csc(Nc2ccc(S(C)(=O)=O)cc2)n1. The Labute approximate surface area is 168 Å². The number of sulfone groups is 1. The minimum Gasteiger partial charge on any atom is -0.332 e. The quantitative estimate of drug-likeness (QED) is 0.611. The lowest BCUT2D eigenvalue weighted by Crippen LogP contribution is -2.14. The fraction of sp³-hybridized carbons (Fsp3) is 0.200. The van der Waals surface area contributed by atoms with Crippen molar-refractivity contribution in [1.29, 1.82) is 0 Å². The number of aromatic nitrogens is 1. The first kappa shape index (κ1) is 20.0. The largest absolute Gasteiger partial charge is 0.332 e. The average molecular weight is 416 g/mol. The van der Waals surface area contributed by atoms with Crippen molar-refractivity contribution >= 4 is 43.6 Å². The molecule has 0 radical (unpaired) electrons. The molecule has 0 fully saturated rings. The van der Waals surface area contributed by atoms with E-state index in [1.54, 1.807) is 17.5 Å². The summed E-state index contributed by atoms with van der Waals surface area (Å²) >= 11 is 1.30. The number of anilines is 3. The smallest absolute Gasteiger partial charge is 0.275 e. The van der Waals surface area contributed by atoms with Crippen molar-refractivity contribution in [3.63, 3.8) is 0 Å². The van der Waals surface area contributed by atoms with Gasteiger partial charge in [-0.2, -0.15) is 0 Å². The summed E-state index contributed by atoms with van der Waals surface area (Å²) in [5, 5.41) is 8.24. The molecule has 3 rings (SSSR count). The summed E-state index contributed by atoms with van der Waals surface area (Å²) in [6.45, 7) is 4.15. The summed E-state index contributed by atoms with van der Waals surface area (Å²) < 4.78 is 23.0. The zero-order chi connectivity index (χ0) is 20.3. The normalized spacial score (nSPS) is 11.4. The number of benzene rings is 2. The highest BCUT2D eigenvalue weighted by Crippen LogP contribution is 2.26. The molecule has 3 aromatic rings. The van der Waals surface area contributed by atoms with Crippen LogP contribution in [0.2, 0.25) is 0 Å².